The third-order valence-corrected chi connectivity index (χ3v) is 6.33. The molecule has 2 aromatic carbocycles. The molecule has 7 heteroatoms. The summed E-state index contributed by atoms with van der Waals surface area (Å²) < 4.78 is 5.55. The van der Waals surface area contributed by atoms with Gasteiger partial charge in [-0.2, -0.15) is 0 Å². The Morgan fingerprint density at radius 3 is 2.66 bits per heavy atom. The molecule has 0 bridgehead atoms. The Hall–Kier alpha value is -2.02. The molecule has 1 saturated heterocycles. The van der Waals surface area contributed by atoms with Crippen molar-refractivity contribution < 1.29 is 14.3 Å². The van der Waals surface area contributed by atoms with Gasteiger partial charge in [0.05, 0.1) is 22.6 Å². The standard InChI is InChI=1S/C22H25ClN2O3S/c1-2-20(29-17-11-9-15(23)10-12-17)22(27)25-19-8-4-3-7-18(19)21(26)24-14-16-6-5-13-28-16/h3-4,7-12,16,20H,2,5-6,13-14H2,1H3,(H,24,26)(H,25,27)/t16-,20+/m1/s1. The van der Waals surface area contributed by atoms with Crippen LogP contribution in [0.4, 0.5) is 5.69 Å². The zero-order valence-corrected chi connectivity index (χ0v) is 17.9. The van der Waals surface area contributed by atoms with E-state index in [0.717, 1.165) is 24.3 Å². The van der Waals surface area contributed by atoms with Crippen LogP contribution in [0.1, 0.15) is 36.5 Å². The summed E-state index contributed by atoms with van der Waals surface area (Å²) in [4.78, 5) is 26.4. The van der Waals surface area contributed by atoms with E-state index in [1.54, 1.807) is 24.3 Å². The van der Waals surface area contributed by atoms with Gasteiger partial charge >= 0.3 is 0 Å². The molecule has 1 heterocycles. The largest absolute Gasteiger partial charge is 0.376 e. The van der Waals surface area contributed by atoms with E-state index < -0.39 is 0 Å². The molecule has 0 unspecified atom stereocenters. The van der Waals surface area contributed by atoms with E-state index in [-0.39, 0.29) is 23.2 Å². The minimum Gasteiger partial charge on any atom is -0.376 e. The van der Waals surface area contributed by atoms with E-state index >= 15 is 0 Å². The number of ether oxygens (including phenoxy) is 1. The van der Waals surface area contributed by atoms with Crippen LogP contribution >= 0.6 is 23.4 Å². The van der Waals surface area contributed by atoms with Crippen molar-refractivity contribution in [2.24, 2.45) is 0 Å². The fourth-order valence-electron chi connectivity index (χ4n) is 3.11. The Kier molecular flexibility index (Phi) is 7.98. The Balaban J connectivity index is 1.64. The number of halogens is 1. The summed E-state index contributed by atoms with van der Waals surface area (Å²) in [5, 5.41) is 6.22. The van der Waals surface area contributed by atoms with Crippen LogP contribution in [0.15, 0.2) is 53.4 Å². The molecule has 0 saturated carbocycles. The first-order chi connectivity index (χ1) is 14.1. The topological polar surface area (TPSA) is 67.4 Å². The van der Waals surface area contributed by atoms with Gasteiger partial charge in [-0.15, -0.1) is 11.8 Å². The van der Waals surface area contributed by atoms with Crippen LogP contribution in [0.5, 0.6) is 0 Å². The number of carbonyl (C=O) groups is 2. The highest BCUT2D eigenvalue weighted by atomic mass is 35.5. The van der Waals surface area contributed by atoms with Crippen molar-refractivity contribution in [3.63, 3.8) is 0 Å². The summed E-state index contributed by atoms with van der Waals surface area (Å²) in [6.07, 6.45) is 2.71. The minimum atomic E-state index is -0.279. The molecule has 2 atom stereocenters. The van der Waals surface area contributed by atoms with Crippen LogP contribution in [0.2, 0.25) is 5.02 Å². The molecular weight excluding hydrogens is 408 g/mol. The van der Waals surface area contributed by atoms with Gasteiger partial charge in [-0.3, -0.25) is 9.59 Å². The lowest BCUT2D eigenvalue weighted by Crippen LogP contribution is -2.33. The lowest BCUT2D eigenvalue weighted by atomic mass is 10.1. The molecular formula is C22H25ClN2O3S. The van der Waals surface area contributed by atoms with Gasteiger partial charge in [0, 0.05) is 23.1 Å². The van der Waals surface area contributed by atoms with Crippen LogP contribution in [0.3, 0.4) is 0 Å². The summed E-state index contributed by atoms with van der Waals surface area (Å²) in [6, 6.07) is 14.5. The zero-order chi connectivity index (χ0) is 20.6. The van der Waals surface area contributed by atoms with Crippen molar-refractivity contribution in [2.45, 2.75) is 42.4 Å². The van der Waals surface area contributed by atoms with E-state index in [4.69, 9.17) is 16.3 Å². The second-order valence-corrected chi connectivity index (χ2v) is 8.56. The number of hydrogen-bond acceptors (Lipinski definition) is 4. The maximum absolute atomic E-state index is 12.8. The normalized spacial score (nSPS) is 17.0. The van der Waals surface area contributed by atoms with Gasteiger partial charge < -0.3 is 15.4 Å². The Labute approximate surface area is 180 Å². The quantitative estimate of drug-likeness (QED) is 0.590. The third kappa shape index (κ3) is 6.23. The summed E-state index contributed by atoms with van der Waals surface area (Å²) in [5.41, 5.74) is 0.961. The van der Waals surface area contributed by atoms with Crippen LogP contribution in [0.25, 0.3) is 0 Å². The van der Waals surface area contributed by atoms with Gasteiger partial charge in [-0.25, -0.2) is 0 Å². The zero-order valence-electron chi connectivity index (χ0n) is 16.3. The first kappa shape index (κ1) is 21.7. The summed E-state index contributed by atoms with van der Waals surface area (Å²) in [5.74, 6) is -0.346. The number of benzene rings is 2. The van der Waals surface area contributed by atoms with Crippen molar-refractivity contribution >= 4 is 40.9 Å². The van der Waals surface area contributed by atoms with E-state index in [2.05, 4.69) is 10.6 Å². The molecule has 0 aromatic heterocycles. The SMILES string of the molecule is CC[C@H](Sc1ccc(Cl)cc1)C(=O)Nc1ccccc1C(=O)NC[C@H]1CCCO1. The molecule has 5 nitrogen and oxygen atoms in total. The fraction of sp³-hybridized carbons (Fsp3) is 0.364. The van der Waals surface area contributed by atoms with Crippen LogP contribution < -0.4 is 10.6 Å². The first-order valence-electron chi connectivity index (χ1n) is 9.78. The van der Waals surface area contributed by atoms with Gasteiger partial charge in [0.15, 0.2) is 0 Å². The highest BCUT2D eigenvalue weighted by Crippen LogP contribution is 2.28. The molecule has 2 amide bonds. The molecule has 0 spiro atoms. The number of anilines is 1. The van der Waals surface area contributed by atoms with Crippen molar-refractivity contribution in [2.75, 3.05) is 18.5 Å². The van der Waals surface area contributed by atoms with Crippen molar-refractivity contribution in [1.82, 2.24) is 5.32 Å². The molecule has 154 valence electrons. The second-order valence-electron chi connectivity index (χ2n) is 6.85. The molecule has 2 N–H and O–H groups in total. The number of thioether (sulfide) groups is 1. The number of rotatable bonds is 8. The van der Waals surface area contributed by atoms with E-state index in [9.17, 15) is 9.59 Å². The van der Waals surface area contributed by atoms with Gasteiger partial charge in [-0.1, -0.05) is 30.7 Å². The summed E-state index contributed by atoms with van der Waals surface area (Å²) in [7, 11) is 0. The van der Waals surface area contributed by atoms with E-state index in [0.29, 0.717) is 29.2 Å². The molecule has 0 aliphatic carbocycles. The van der Waals surface area contributed by atoms with Crippen molar-refractivity contribution in [1.29, 1.82) is 0 Å². The average molecular weight is 433 g/mol. The van der Waals surface area contributed by atoms with Crippen molar-refractivity contribution in [3.8, 4) is 0 Å². The highest BCUT2D eigenvalue weighted by Gasteiger charge is 2.21. The molecule has 1 fully saturated rings. The summed E-state index contributed by atoms with van der Waals surface area (Å²) in [6.45, 7) is 3.19. The molecule has 3 rings (SSSR count). The molecule has 2 aromatic rings. The van der Waals surface area contributed by atoms with Gasteiger partial charge in [0.2, 0.25) is 5.91 Å². The maximum atomic E-state index is 12.8. The molecule has 29 heavy (non-hydrogen) atoms. The highest BCUT2D eigenvalue weighted by molar-refractivity contribution is 8.00. The number of hydrogen-bond donors (Lipinski definition) is 2. The first-order valence-corrected chi connectivity index (χ1v) is 11.0. The average Bonchev–Trinajstić information content (AvgIpc) is 3.25. The monoisotopic (exact) mass is 432 g/mol. The molecule has 0 radical (unpaired) electrons. The molecule has 1 aliphatic heterocycles. The van der Waals surface area contributed by atoms with E-state index in [1.165, 1.54) is 11.8 Å². The third-order valence-electron chi connectivity index (χ3n) is 4.70. The van der Waals surface area contributed by atoms with Gasteiger partial charge in [0.25, 0.3) is 5.91 Å². The fourth-order valence-corrected chi connectivity index (χ4v) is 4.19. The van der Waals surface area contributed by atoms with Gasteiger partial charge in [-0.05, 0) is 55.7 Å². The predicted molar refractivity (Wildman–Crippen MR) is 118 cm³/mol. The predicted octanol–water partition coefficient (Wildman–Crippen LogP) is 4.76. The van der Waals surface area contributed by atoms with E-state index in [1.807, 2.05) is 31.2 Å². The summed E-state index contributed by atoms with van der Waals surface area (Å²) >= 11 is 7.41. The van der Waals surface area contributed by atoms with Crippen LogP contribution in [0, 0.1) is 0 Å². The lowest BCUT2D eigenvalue weighted by Gasteiger charge is -2.17. The van der Waals surface area contributed by atoms with Crippen LogP contribution in [-0.2, 0) is 9.53 Å². The number of carbonyl (C=O) groups excluding carboxylic acids is 2. The number of amides is 2. The molecule has 1 aliphatic rings. The Morgan fingerprint density at radius 2 is 1.97 bits per heavy atom. The van der Waals surface area contributed by atoms with Crippen LogP contribution in [-0.4, -0.2) is 36.3 Å². The van der Waals surface area contributed by atoms with Crippen molar-refractivity contribution in [3.05, 3.63) is 59.1 Å². The smallest absolute Gasteiger partial charge is 0.253 e. The second kappa shape index (κ2) is 10.7. The number of para-hydroxylation sites is 1. The Bertz CT molecular complexity index is 838. The minimum absolute atomic E-state index is 0.0703. The van der Waals surface area contributed by atoms with Gasteiger partial charge in [0.1, 0.15) is 0 Å². The number of nitrogens with one attached hydrogen (secondary N) is 2. The maximum Gasteiger partial charge on any atom is 0.253 e. The Morgan fingerprint density at radius 1 is 1.21 bits per heavy atom. The lowest BCUT2D eigenvalue weighted by molar-refractivity contribution is -0.115.